The number of rotatable bonds is 11. The molecular formula is C27H30N6O6S. The van der Waals surface area contributed by atoms with Gasteiger partial charge in [-0.3, -0.25) is 9.62 Å². The first-order valence-electron chi connectivity index (χ1n) is 12.1. The van der Waals surface area contributed by atoms with Crippen molar-refractivity contribution in [2.75, 3.05) is 56.3 Å². The van der Waals surface area contributed by atoms with E-state index in [4.69, 9.17) is 9.47 Å². The average molecular weight is 567 g/mol. The molecule has 0 aliphatic carbocycles. The number of anilines is 4. The van der Waals surface area contributed by atoms with E-state index in [2.05, 4.69) is 20.0 Å². The molecule has 3 aromatic carbocycles. The molecule has 0 atom stereocenters. The smallest absolute Gasteiger partial charge is 0.411 e. The van der Waals surface area contributed by atoms with Crippen molar-refractivity contribution in [1.82, 2.24) is 14.9 Å². The molecule has 0 saturated heterocycles. The summed E-state index contributed by atoms with van der Waals surface area (Å²) in [6.45, 7) is 0.617. The number of sulfonamides is 1. The van der Waals surface area contributed by atoms with Crippen LogP contribution in [0.5, 0.6) is 11.5 Å². The number of nitrogens with one attached hydrogen (secondary N) is 2. The van der Waals surface area contributed by atoms with E-state index in [9.17, 15) is 18.3 Å². The quantitative estimate of drug-likeness (QED) is 0.241. The molecule has 0 aliphatic rings. The topological polar surface area (TPSA) is 146 Å². The molecule has 13 heteroatoms. The van der Waals surface area contributed by atoms with Crippen LogP contribution in [-0.2, 0) is 10.0 Å². The third-order valence-corrected chi connectivity index (χ3v) is 7.19. The van der Waals surface area contributed by atoms with Gasteiger partial charge in [0.25, 0.3) is 10.0 Å². The van der Waals surface area contributed by atoms with Gasteiger partial charge in [-0.2, -0.15) is 0 Å². The largest absolute Gasteiger partial charge is 0.497 e. The van der Waals surface area contributed by atoms with Crippen LogP contribution in [0, 0.1) is 0 Å². The molecule has 3 N–H and O–H groups in total. The summed E-state index contributed by atoms with van der Waals surface area (Å²) in [4.78, 5) is 23.8. The zero-order valence-electron chi connectivity index (χ0n) is 22.5. The Hall–Kier alpha value is -4.62. The summed E-state index contributed by atoms with van der Waals surface area (Å²) < 4.78 is 40.3. The molecule has 0 radical (unpaired) electrons. The fraction of sp³-hybridized carbons (Fsp3) is 0.222. The highest BCUT2D eigenvalue weighted by atomic mass is 32.2. The van der Waals surface area contributed by atoms with E-state index in [1.165, 1.54) is 32.4 Å². The molecule has 40 heavy (non-hydrogen) atoms. The molecule has 1 heterocycles. The van der Waals surface area contributed by atoms with Crippen LogP contribution in [-0.4, -0.2) is 75.9 Å². The molecule has 4 rings (SSSR count). The van der Waals surface area contributed by atoms with Crippen molar-refractivity contribution in [3.05, 3.63) is 66.7 Å². The zero-order chi connectivity index (χ0) is 28.9. The molecule has 12 nitrogen and oxygen atoms in total. The Morgan fingerprint density at radius 3 is 2.08 bits per heavy atom. The maximum absolute atomic E-state index is 13.5. The van der Waals surface area contributed by atoms with Crippen molar-refractivity contribution < 1.29 is 27.8 Å². The number of ether oxygens (including phenoxy) is 2. The van der Waals surface area contributed by atoms with E-state index in [1.54, 1.807) is 48.5 Å². The molecule has 0 spiro atoms. The second kappa shape index (κ2) is 12.1. The number of nitrogens with zero attached hydrogens (tertiary/aromatic N) is 4. The molecule has 4 aromatic rings. The molecular weight excluding hydrogens is 536 g/mol. The second-order valence-electron chi connectivity index (χ2n) is 8.98. The van der Waals surface area contributed by atoms with Crippen LogP contribution in [0.3, 0.4) is 0 Å². The van der Waals surface area contributed by atoms with Crippen molar-refractivity contribution >= 4 is 50.2 Å². The number of para-hydroxylation sites is 2. The van der Waals surface area contributed by atoms with Gasteiger partial charge in [0.05, 0.1) is 30.1 Å². The van der Waals surface area contributed by atoms with Gasteiger partial charge < -0.3 is 24.8 Å². The standard InChI is InChI=1S/C27H30N6O6S/c1-32(2)12-13-33(27(34)35)19-8-7-9-22(16-19)40(36,37)31-26-25(29-23-10-5-6-11-24(23)30-26)28-18-14-20(38-3)17-21(15-18)39-4/h5-11,14-17H,12-13H2,1-4H3,(H,28,29)(H,30,31)(H,34,35). The van der Waals surface area contributed by atoms with Gasteiger partial charge in [-0.1, -0.05) is 18.2 Å². The number of carboxylic acid groups (broad SMARTS) is 1. The summed E-state index contributed by atoms with van der Waals surface area (Å²) >= 11 is 0. The Bertz CT molecular complexity index is 1610. The third-order valence-electron chi connectivity index (χ3n) is 5.86. The van der Waals surface area contributed by atoms with E-state index in [-0.39, 0.29) is 28.8 Å². The minimum absolute atomic E-state index is 0.0476. The lowest BCUT2D eigenvalue weighted by molar-refractivity contribution is 0.201. The van der Waals surface area contributed by atoms with Gasteiger partial charge in [-0.05, 0) is 44.4 Å². The molecule has 210 valence electrons. The maximum Gasteiger partial charge on any atom is 0.411 e. The van der Waals surface area contributed by atoms with E-state index in [0.29, 0.717) is 34.8 Å². The molecule has 1 amide bonds. The predicted octanol–water partition coefficient (Wildman–Crippen LogP) is 4.24. The lowest BCUT2D eigenvalue weighted by atomic mass is 10.2. The average Bonchev–Trinajstić information content (AvgIpc) is 2.93. The summed E-state index contributed by atoms with van der Waals surface area (Å²) in [5.41, 5.74) is 1.77. The fourth-order valence-electron chi connectivity index (χ4n) is 3.81. The normalized spacial score (nSPS) is 11.3. The Morgan fingerprint density at radius 1 is 0.875 bits per heavy atom. The van der Waals surface area contributed by atoms with Crippen LogP contribution in [0.1, 0.15) is 0 Å². The van der Waals surface area contributed by atoms with Gasteiger partial charge >= 0.3 is 6.09 Å². The van der Waals surface area contributed by atoms with Crippen LogP contribution < -0.4 is 24.4 Å². The van der Waals surface area contributed by atoms with Gasteiger partial charge in [-0.25, -0.2) is 23.2 Å². The van der Waals surface area contributed by atoms with Gasteiger partial charge in [0.15, 0.2) is 11.6 Å². The van der Waals surface area contributed by atoms with Crippen LogP contribution in [0.15, 0.2) is 71.6 Å². The number of benzene rings is 3. The van der Waals surface area contributed by atoms with Crippen molar-refractivity contribution in [2.45, 2.75) is 4.90 Å². The van der Waals surface area contributed by atoms with Gasteiger partial charge in [0.1, 0.15) is 11.5 Å². The first kappa shape index (κ1) is 28.4. The number of hydrogen-bond donors (Lipinski definition) is 3. The minimum Gasteiger partial charge on any atom is -0.497 e. The van der Waals surface area contributed by atoms with Crippen molar-refractivity contribution in [3.8, 4) is 11.5 Å². The lowest BCUT2D eigenvalue weighted by Gasteiger charge is -2.22. The number of fused-ring (bicyclic) bond motifs is 1. The van der Waals surface area contributed by atoms with E-state index < -0.39 is 16.1 Å². The third kappa shape index (κ3) is 6.68. The van der Waals surface area contributed by atoms with Crippen molar-refractivity contribution in [3.63, 3.8) is 0 Å². The van der Waals surface area contributed by atoms with E-state index in [0.717, 1.165) is 4.90 Å². The predicted molar refractivity (Wildman–Crippen MR) is 154 cm³/mol. The van der Waals surface area contributed by atoms with Crippen LogP contribution in [0.2, 0.25) is 0 Å². The first-order chi connectivity index (χ1) is 19.1. The number of methoxy groups -OCH3 is 2. The Kier molecular flexibility index (Phi) is 8.55. The molecule has 0 bridgehead atoms. The van der Waals surface area contributed by atoms with Gasteiger partial charge in [-0.15, -0.1) is 0 Å². The highest BCUT2D eigenvalue weighted by molar-refractivity contribution is 7.92. The minimum atomic E-state index is -4.21. The lowest BCUT2D eigenvalue weighted by Crippen LogP contribution is -2.35. The van der Waals surface area contributed by atoms with Crippen LogP contribution in [0.4, 0.5) is 27.8 Å². The summed E-state index contributed by atoms with van der Waals surface area (Å²) in [7, 11) is 2.48. The van der Waals surface area contributed by atoms with Crippen molar-refractivity contribution in [1.29, 1.82) is 0 Å². The Balaban J connectivity index is 1.72. The van der Waals surface area contributed by atoms with Crippen LogP contribution in [0.25, 0.3) is 11.0 Å². The van der Waals surface area contributed by atoms with E-state index >= 15 is 0 Å². The number of aromatic nitrogens is 2. The summed E-state index contributed by atoms with van der Waals surface area (Å²) in [6, 6.07) is 17.9. The van der Waals surface area contributed by atoms with Crippen LogP contribution >= 0.6 is 0 Å². The monoisotopic (exact) mass is 566 g/mol. The summed E-state index contributed by atoms with van der Waals surface area (Å²) in [5.74, 6) is 1.14. The maximum atomic E-state index is 13.5. The fourth-order valence-corrected chi connectivity index (χ4v) is 4.86. The highest BCUT2D eigenvalue weighted by Gasteiger charge is 2.22. The Labute approximate surface area is 232 Å². The zero-order valence-corrected chi connectivity index (χ0v) is 23.3. The number of amides is 1. The second-order valence-corrected chi connectivity index (χ2v) is 10.7. The summed E-state index contributed by atoms with van der Waals surface area (Å²) in [6.07, 6.45) is -1.19. The van der Waals surface area contributed by atoms with Crippen molar-refractivity contribution in [2.24, 2.45) is 0 Å². The molecule has 1 aromatic heterocycles. The molecule has 0 fully saturated rings. The molecule has 0 aliphatic heterocycles. The van der Waals surface area contributed by atoms with Gasteiger partial charge in [0, 0.05) is 42.7 Å². The van der Waals surface area contributed by atoms with Gasteiger partial charge in [0.2, 0.25) is 0 Å². The SMILES string of the molecule is COc1cc(Nc2nc3ccccc3nc2NS(=O)(=O)c2cccc(N(CCN(C)C)C(=O)O)c2)cc(OC)c1. The Morgan fingerprint density at radius 2 is 1.50 bits per heavy atom. The molecule has 0 unspecified atom stereocenters. The number of likely N-dealkylation sites (N-methyl/N-ethyl adjacent to an activating group) is 1. The number of carbonyl (C=O) groups is 1. The molecule has 0 saturated carbocycles. The van der Waals surface area contributed by atoms with E-state index in [1.807, 2.05) is 19.0 Å². The summed E-state index contributed by atoms with van der Waals surface area (Å²) in [5, 5.41) is 12.8. The number of hydrogen-bond acceptors (Lipinski definition) is 9. The first-order valence-corrected chi connectivity index (χ1v) is 13.6. The highest BCUT2D eigenvalue weighted by Crippen LogP contribution is 2.32.